The van der Waals surface area contributed by atoms with E-state index in [1.165, 1.54) is 0 Å². The average Bonchev–Trinajstić information content (AvgIpc) is 3.01. The minimum Gasteiger partial charge on any atom is -0.483 e. The molecule has 4 rings (SSSR count). The van der Waals surface area contributed by atoms with Crippen molar-refractivity contribution in [3.8, 4) is 5.75 Å². The van der Waals surface area contributed by atoms with Gasteiger partial charge in [0.2, 0.25) is 0 Å². The van der Waals surface area contributed by atoms with Gasteiger partial charge in [0.15, 0.2) is 0 Å². The summed E-state index contributed by atoms with van der Waals surface area (Å²) in [5, 5.41) is 4.87. The number of hydrogen-bond donors (Lipinski definition) is 1. The molecule has 1 fully saturated rings. The zero-order valence-electron chi connectivity index (χ0n) is 14.1. The molecule has 130 valence electrons. The fraction of sp³-hybridized carbons (Fsp3) is 0.368. The standard InChI is InChI=1S/C19H20N2O3S/c1-13-9-14(10-25-13)18(23)21-8-4-7-19(12-21)11-20-17(22)15-5-2-3-6-16(15)24-19/h2-3,5-6,9-10H,4,7-8,11-12H2,1H3,(H,20,22)/t19-/m0/s1. The van der Waals surface area contributed by atoms with E-state index in [4.69, 9.17) is 4.74 Å². The number of likely N-dealkylation sites (tertiary alicyclic amines) is 1. The number of piperidine rings is 1. The Morgan fingerprint density at radius 2 is 2.20 bits per heavy atom. The molecule has 0 saturated carbocycles. The molecule has 6 heteroatoms. The Kier molecular flexibility index (Phi) is 4.00. The predicted octanol–water partition coefficient (Wildman–Crippen LogP) is 2.85. The number of ether oxygens (including phenoxy) is 1. The Bertz CT molecular complexity index is 832. The maximum atomic E-state index is 12.8. The topological polar surface area (TPSA) is 58.6 Å². The molecule has 25 heavy (non-hydrogen) atoms. The monoisotopic (exact) mass is 356 g/mol. The maximum absolute atomic E-state index is 12.8. The molecule has 1 N–H and O–H groups in total. The van der Waals surface area contributed by atoms with Crippen LogP contribution in [0.15, 0.2) is 35.7 Å². The smallest absolute Gasteiger partial charge is 0.255 e. The van der Waals surface area contributed by atoms with Gasteiger partial charge in [-0.2, -0.15) is 0 Å². The number of carbonyl (C=O) groups is 2. The highest BCUT2D eigenvalue weighted by Crippen LogP contribution is 2.32. The number of thiophene rings is 1. The number of aryl methyl sites for hydroxylation is 1. The van der Waals surface area contributed by atoms with Crippen LogP contribution in [-0.2, 0) is 0 Å². The lowest BCUT2D eigenvalue weighted by molar-refractivity contribution is -0.000839. The molecule has 3 heterocycles. The van der Waals surface area contributed by atoms with Gasteiger partial charge in [-0.3, -0.25) is 9.59 Å². The van der Waals surface area contributed by atoms with E-state index in [2.05, 4.69) is 5.32 Å². The molecule has 2 aliphatic rings. The molecule has 0 aliphatic carbocycles. The lowest BCUT2D eigenvalue weighted by Gasteiger charge is -2.42. The SMILES string of the molecule is Cc1cc(C(=O)N2CCC[C@]3(CNC(=O)c4ccccc4O3)C2)cs1. The molecule has 1 saturated heterocycles. The van der Waals surface area contributed by atoms with Crippen LogP contribution in [0.5, 0.6) is 5.75 Å². The summed E-state index contributed by atoms with van der Waals surface area (Å²) in [6.45, 7) is 3.61. The Morgan fingerprint density at radius 3 is 3.00 bits per heavy atom. The van der Waals surface area contributed by atoms with Gasteiger partial charge < -0.3 is 15.0 Å². The van der Waals surface area contributed by atoms with Crippen LogP contribution in [0.25, 0.3) is 0 Å². The maximum Gasteiger partial charge on any atom is 0.255 e. The van der Waals surface area contributed by atoms with Crippen molar-refractivity contribution in [2.24, 2.45) is 0 Å². The first kappa shape index (κ1) is 16.1. The average molecular weight is 356 g/mol. The number of para-hydroxylation sites is 1. The van der Waals surface area contributed by atoms with E-state index in [1.807, 2.05) is 41.5 Å². The molecule has 1 aromatic heterocycles. The van der Waals surface area contributed by atoms with Gasteiger partial charge in [-0.1, -0.05) is 12.1 Å². The summed E-state index contributed by atoms with van der Waals surface area (Å²) >= 11 is 1.58. The number of hydrogen-bond acceptors (Lipinski definition) is 4. The highest BCUT2D eigenvalue weighted by molar-refractivity contribution is 7.10. The van der Waals surface area contributed by atoms with Crippen LogP contribution in [0.4, 0.5) is 0 Å². The molecule has 0 bridgehead atoms. The van der Waals surface area contributed by atoms with Gasteiger partial charge in [0.25, 0.3) is 11.8 Å². The second-order valence-electron chi connectivity index (χ2n) is 6.74. The van der Waals surface area contributed by atoms with Crippen LogP contribution in [0.2, 0.25) is 0 Å². The summed E-state index contributed by atoms with van der Waals surface area (Å²) in [6.07, 6.45) is 1.67. The first-order valence-corrected chi connectivity index (χ1v) is 9.35. The molecule has 1 atom stereocenters. The predicted molar refractivity (Wildman–Crippen MR) is 96.3 cm³/mol. The van der Waals surface area contributed by atoms with Crippen molar-refractivity contribution >= 4 is 23.2 Å². The molecule has 2 aromatic rings. The van der Waals surface area contributed by atoms with Gasteiger partial charge in [0, 0.05) is 16.8 Å². The van der Waals surface area contributed by atoms with Crippen LogP contribution in [0, 0.1) is 6.92 Å². The van der Waals surface area contributed by atoms with E-state index in [0.29, 0.717) is 30.9 Å². The van der Waals surface area contributed by atoms with E-state index in [0.717, 1.165) is 23.3 Å². The Labute approximate surface area is 150 Å². The number of nitrogens with one attached hydrogen (secondary N) is 1. The van der Waals surface area contributed by atoms with E-state index < -0.39 is 5.60 Å². The number of carbonyl (C=O) groups excluding carboxylic acids is 2. The summed E-state index contributed by atoms with van der Waals surface area (Å²) in [7, 11) is 0. The minimum absolute atomic E-state index is 0.0379. The van der Waals surface area contributed by atoms with Crippen molar-refractivity contribution in [2.75, 3.05) is 19.6 Å². The number of amides is 2. The Hall–Kier alpha value is -2.34. The van der Waals surface area contributed by atoms with Crippen molar-refractivity contribution < 1.29 is 14.3 Å². The molecule has 2 amide bonds. The van der Waals surface area contributed by atoms with Gasteiger partial charge in [0.05, 0.1) is 24.2 Å². The summed E-state index contributed by atoms with van der Waals surface area (Å²) in [5.41, 5.74) is 0.718. The summed E-state index contributed by atoms with van der Waals surface area (Å²) in [4.78, 5) is 28.1. The lowest BCUT2D eigenvalue weighted by Crippen LogP contribution is -2.57. The van der Waals surface area contributed by atoms with Crippen molar-refractivity contribution in [1.29, 1.82) is 0 Å². The van der Waals surface area contributed by atoms with Crippen molar-refractivity contribution in [3.05, 3.63) is 51.7 Å². The van der Waals surface area contributed by atoms with Crippen LogP contribution < -0.4 is 10.1 Å². The van der Waals surface area contributed by atoms with Crippen molar-refractivity contribution in [2.45, 2.75) is 25.4 Å². The first-order chi connectivity index (χ1) is 12.1. The van der Waals surface area contributed by atoms with Crippen molar-refractivity contribution in [1.82, 2.24) is 10.2 Å². The fourth-order valence-corrected chi connectivity index (χ4v) is 4.26. The van der Waals surface area contributed by atoms with Gasteiger partial charge >= 0.3 is 0 Å². The number of nitrogens with zero attached hydrogens (tertiary/aromatic N) is 1. The molecule has 2 aliphatic heterocycles. The van der Waals surface area contributed by atoms with Crippen LogP contribution in [0.1, 0.15) is 38.4 Å². The third-order valence-electron chi connectivity index (χ3n) is 4.83. The van der Waals surface area contributed by atoms with E-state index >= 15 is 0 Å². The number of benzene rings is 1. The highest BCUT2D eigenvalue weighted by Gasteiger charge is 2.42. The zero-order valence-corrected chi connectivity index (χ0v) is 14.9. The molecule has 0 radical (unpaired) electrons. The number of rotatable bonds is 1. The van der Waals surface area contributed by atoms with E-state index in [1.54, 1.807) is 17.4 Å². The normalized spacial score (nSPS) is 22.8. The van der Waals surface area contributed by atoms with Gasteiger partial charge in [-0.15, -0.1) is 11.3 Å². The van der Waals surface area contributed by atoms with E-state index in [-0.39, 0.29) is 11.8 Å². The lowest BCUT2D eigenvalue weighted by atomic mass is 9.92. The summed E-state index contributed by atoms with van der Waals surface area (Å²) < 4.78 is 6.30. The second-order valence-corrected chi connectivity index (χ2v) is 7.86. The second kappa shape index (κ2) is 6.19. The first-order valence-electron chi connectivity index (χ1n) is 8.47. The summed E-state index contributed by atoms with van der Waals surface area (Å²) in [5.74, 6) is 0.512. The Balaban J connectivity index is 1.60. The highest BCUT2D eigenvalue weighted by atomic mass is 32.1. The molecular weight excluding hydrogens is 336 g/mol. The van der Waals surface area contributed by atoms with Crippen LogP contribution >= 0.6 is 11.3 Å². The molecular formula is C19H20N2O3S. The quantitative estimate of drug-likeness (QED) is 0.855. The summed E-state index contributed by atoms with van der Waals surface area (Å²) in [6, 6.07) is 9.22. The minimum atomic E-state index is -0.568. The fourth-order valence-electron chi connectivity index (χ4n) is 3.59. The number of fused-ring (bicyclic) bond motifs is 1. The molecule has 1 spiro atoms. The van der Waals surface area contributed by atoms with E-state index in [9.17, 15) is 9.59 Å². The van der Waals surface area contributed by atoms with Crippen LogP contribution in [-0.4, -0.2) is 41.9 Å². The molecule has 5 nitrogen and oxygen atoms in total. The van der Waals surface area contributed by atoms with Gasteiger partial charge in [-0.05, 0) is 38.0 Å². The zero-order chi connectivity index (χ0) is 17.4. The Morgan fingerprint density at radius 1 is 1.36 bits per heavy atom. The van der Waals surface area contributed by atoms with Crippen molar-refractivity contribution in [3.63, 3.8) is 0 Å². The third-order valence-corrected chi connectivity index (χ3v) is 5.69. The molecule has 0 unspecified atom stereocenters. The third kappa shape index (κ3) is 3.02. The largest absolute Gasteiger partial charge is 0.483 e. The van der Waals surface area contributed by atoms with Gasteiger partial charge in [-0.25, -0.2) is 0 Å². The van der Waals surface area contributed by atoms with Crippen LogP contribution in [0.3, 0.4) is 0 Å². The molecule has 1 aromatic carbocycles. The van der Waals surface area contributed by atoms with Gasteiger partial charge in [0.1, 0.15) is 11.4 Å².